The first-order valence-corrected chi connectivity index (χ1v) is 10.8. The van der Waals surface area contributed by atoms with Gasteiger partial charge in [0, 0.05) is 23.4 Å². The highest BCUT2D eigenvalue weighted by Gasteiger charge is 2.09. The minimum absolute atomic E-state index is 0.0222. The summed E-state index contributed by atoms with van der Waals surface area (Å²) in [5.41, 5.74) is 2.15. The molecule has 0 atom stereocenters. The molecule has 1 aromatic heterocycles. The molecule has 0 spiro atoms. The van der Waals surface area contributed by atoms with Gasteiger partial charge in [0.05, 0.1) is 0 Å². The highest BCUT2D eigenvalue weighted by Crippen LogP contribution is 2.20. The van der Waals surface area contributed by atoms with E-state index in [0.717, 1.165) is 12.8 Å². The van der Waals surface area contributed by atoms with Gasteiger partial charge in [-0.3, -0.25) is 4.79 Å². The number of aliphatic carboxylic acids is 1. The van der Waals surface area contributed by atoms with Gasteiger partial charge in [0.15, 0.2) is 5.78 Å². The van der Waals surface area contributed by atoms with E-state index in [0.29, 0.717) is 28.9 Å². The van der Waals surface area contributed by atoms with E-state index in [1.807, 2.05) is 6.92 Å². The van der Waals surface area contributed by atoms with Gasteiger partial charge >= 0.3 is 5.97 Å². The van der Waals surface area contributed by atoms with Crippen molar-refractivity contribution in [3.8, 4) is 6.07 Å². The molecule has 34 heavy (non-hydrogen) atoms. The smallest absolute Gasteiger partial charge is 0.346 e. The largest absolute Gasteiger partial charge is 0.477 e. The number of nitrogens with one attached hydrogen (secondary N) is 2. The Morgan fingerprint density at radius 1 is 1.00 bits per heavy atom. The van der Waals surface area contributed by atoms with Crippen molar-refractivity contribution in [2.24, 2.45) is 0 Å². The maximum atomic E-state index is 12.1. The fourth-order valence-electron chi connectivity index (χ4n) is 2.91. The summed E-state index contributed by atoms with van der Waals surface area (Å²) in [6.07, 6.45) is 3.63. The third-order valence-corrected chi connectivity index (χ3v) is 4.83. The number of carboxylic acid groups (broad SMARTS) is 1. The molecule has 3 N–H and O–H groups in total. The maximum absolute atomic E-state index is 12.1. The molecule has 0 fully saturated rings. The Morgan fingerprint density at radius 3 is 2.06 bits per heavy atom. The van der Waals surface area contributed by atoms with E-state index < -0.39 is 5.97 Å². The molecule has 172 valence electrons. The second kappa shape index (κ2) is 11.5. The molecule has 3 aromatic rings. The number of aromatic nitrogens is 3. The van der Waals surface area contributed by atoms with Crippen LogP contribution in [0.15, 0.2) is 54.1 Å². The summed E-state index contributed by atoms with van der Waals surface area (Å²) in [5, 5.41) is 23.8. The van der Waals surface area contributed by atoms with E-state index in [4.69, 9.17) is 22.0 Å². The van der Waals surface area contributed by atoms with Crippen LogP contribution in [0, 0.1) is 11.3 Å². The second-order valence-electron chi connectivity index (χ2n) is 7.20. The summed E-state index contributed by atoms with van der Waals surface area (Å²) in [5.74, 6) is -0.772. The first-order chi connectivity index (χ1) is 16.4. The van der Waals surface area contributed by atoms with Crippen LogP contribution in [0.4, 0.5) is 23.3 Å². The Hall–Kier alpha value is -4.29. The lowest BCUT2D eigenvalue weighted by Crippen LogP contribution is -2.04. The number of carbonyl (C=O) groups is 2. The van der Waals surface area contributed by atoms with E-state index in [1.165, 1.54) is 6.08 Å². The third-order valence-electron chi connectivity index (χ3n) is 4.66. The zero-order valence-electron chi connectivity index (χ0n) is 18.2. The molecule has 0 bridgehead atoms. The zero-order valence-corrected chi connectivity index (χ0v) is 19.0. The Bertz CT molecular complexity index is 1250. The molecule has 9 nitrogen and oxygen atoms in total. The topological polar surface area (TPSA) is 141 Å². The van der Waals surface area contributed by atoms with Crippen LogP contribution in [0.25, 0.3) is 6.08 Å². The number of nitrogens with zero attached hydrogens (tertiary/aromatic N) is 4. The van der Waals surface area contributed by atoms with Crippen molar-refractivity contribution in [1.29, 1.82) is 5.26 Å². The molecule has 0 saturated heterocycles. The Kier molecular flexibility index (Phi) is 8.26. The number of carboxylic acids is 1. The Balaban J connectivity index is 1.70. The fourth-order valence-corrected chi connectivity index (χ4v) is 3.07. The molecule has 0 aliphatic carbocycles. The van der Waals surface area contributed by atoms with Crippen molar-refractivity contribution in [3.63, 3.8) is 0 Å². The van der Waals surface area contributed by atoms with Crippen molar-refractivity contribution in [2.75, 3.05) is 10.6 Å². The van der Waals surface area contributed by atoms with Crippen LogP contribution in [0.1, 0.15) is 42.1 Å². The van der Waals surface area contributed by atoms with E-state index in [2.05, 4.69) is 25.6 Å². The number of hydrogen-bond acceptors (Lipinski definition) is 8. The van der Waals surface area contributed by atoms with Gasteiger partial charge in [-0.05, 0) is 66.1 Å². The predicted octanol–water partition coefficient (Wildman–Crippen LogP) is 5.38. The number of anilines is 4. The van der Waals surface area contributed by atoms with Gasteiger partial charge in [0.1, 0.15) is 11.6 Å². The molecule has 2 aromatic carbocycles. The number of benzene rings is 2. The van der Waals surface area contributed by atoms with Crippen LogP contribution >= 0.6 is 11.6 Å². The van der Waals surface area contributed by atoms with Crippen molar-refractivity contribution >= 4 is 52.7 Å². The van der Waals surface area contributed by atoms with E-state index in [1.54, 1.807) is 54.6 Å². The van der Waals surface area contributed by atoms with E-state index in [9.17, 15) is 9.59 Å². The van der Waals surface area contributed by atoms with Crippen LogP contribution < -0.4 is 10.6 Å². The number of carbonyl (C=O) groups excluding carboxylic acids is 1. The first-order valence-electron chi connectivity index (χ1n) is 10.4. The SMILES string of the molecule is CCCCC(=O)c1ccc(Nc2nc(Cl)nc(Nc3ccc(C=C(C#N)C(=O)O)cc3)n2)cc1. The van der Waals surface area contributed by atoms with Crippen molar-refractivity contribution in [3.05, 3.63) is 70.5 Å². The number of unbranched alkanes of at least 4 members (excludes halogenated alkanes) is 1. The predicted molar refractivity (Wildman–Crippen MR) is 129 cm³/mol. The van der Waals surface area contributed by atoms with Crippen LogP contribution in [-0.2, 0) is 4.79 Å². The highest BCUT2D eigenvalue weighted by atomic mass is 35.5. The molecular formula is C24H21ClN6O3. The number of nitriles is 1. The van der Waals surface area contributed by atoms with Crippen molar-refractivity contribution in [2.45, 2.75) is 26.2 Å². The van der Waals surface area contributed by atoms with Crippen LogP contribution in [0.2, 0.25) is 5.28 Å². The monoisotopic (exact) mass is 476 g/mol. The lowest BCUT2D eigenvalue weighted by Gasteiger charge is -2.09. The Labute approximate surface area is 201 Å². The van der Waals surface area contributed by atoms with E-state index in [-0.39, 0.29) is 28.5 Å². The van der Waals surface area contributed by atoms with Crippen molar-refractivity contribution < 1.29 is 14.7 Å². The van der Waals surface area contributed by atoms with Gasteiger partial charge in [-0.25, -0.2) is 4.79 Å². The van der Waals surface area contributed by atoms with Crippen molar-refractivity contribution in [1.82, 2.24) is 15.0 Å². The van der Waals surface area contributed by atoms with Gasteiger partial charge in [0.25, 0.3) is 0 Å². The minimum Gasteiger partial charge on any atom is -0.477 e. The molecular weight excluding hydrogens is 456 g/mol. The molecule has 0 aliphatic heterocycles. The third kappa shape index (κ3) is 6.85. The van der Waals surface area contributed by atoms with E-state index >= 15 is 0 Å². The number of Topliss-reactive ketones (excluding diaryl/α,β-unsaturated/α-hetero) is 1. The zero-order chi connectivity index (χ0) is 24.5. The maximum Gasteiger partial charge on any atom is 0.346 e. The summed E-state index contributed by atoms with van der Waals surface area (Å²) in [6.45, 7) is 2.05. The normalized spacial score (nSPS) is 10.9. The average molecular weight is 477 g/mol. The van der Waals surface area contributed by atoms with Crippen LogP contribution in [-0.4, -0.2) is 31.8 Å². The average Bonchev–Trinajstić information content (AvgIpc) is 2.82. The number of hydrogen-bond donors (Lipinski definition) is 3. The van der Waals surface area contributed by atoms with Gasteiger partial charge in [-0.2, -0.15) is 20.2 Å². The lowest BCUT2D eigenvalue weighted by molar-refractivity contribution is -0.132. The number of halogens is 1. The molecule has 0 unspecified atom stereocenters. The van der Waals surface area contributed by atoms with Crippen LogP contribution in [0.5, 0.6) is 0 Å². The molecule has 0 amide bonds. The van der Waals surface area contributed by atoms with Gasteiger partial charge < -0.3 is 15.7 Å². The second-order valence-corrected chi connectivity index (χ2v) is 7.54. The molecule has 3 rings (SSSR count). The van der Waals surface area contributed by atoms with Gasteiger partial charge in [-0.15, -0.1) is 0 Å². The molecule has 1 heterocycles. The first kappa shape index (κ1) is 24.4. The summed E-state index contributed by atoms with van der Waals surface area (Å²) in [7, 11) is 0. The standard InChI is InChI=1S/C24H21ClN6O3/c1-2-3-4-20(32)16-7-11-19(12-8-16)28-24-30-22(25)29-23(31-24)27-18-9-5-15(6-10-18)13-17(14-26)21(33)34/h5-13H,2-4H2,1H3,(H,33,34)(H2,27,28,29,30,31). The summed E-state index contributed by atoms with van der Waals surface area (Å²) in [4.78, 5) is 35.5. The summed E-state index contributed by atoms with van der Waals surface area (Å²) in [6, 6.07) is 15.3. The highest BCUT2D eigenvalue weighted by molar-refractivity contribution is 6.28. The number of rotatable bonds is 10. The summed E-state index contributed by atoms with van der Waals surface area (Å²) >= 11 is 6.04. The lowest BCUT2D eigenvalue weighted by atomic mass is 10.1. The van der Waals surface area contributed by atoms with Gasteiger partial charge in [0.2, 0.25) is 17.2 Å². The summed E-state index contributed by atoms with van der Waals surface area (Å²) < 4.78 is 0. The number of ketones is 1. The molecule has 0 saturated carbocycles. The minimum atomic E-state index is -1.29. The molecule has 0 radical (unpaired) electrons. The molecule has 10 heteroatoms. The fraction of sp³-hybridized carbons (Fsp3) is 0.167. The van der Waals surface area contributed by atoms with Gasteiger partial charge in [-0.1, -0.05) is 25.5 Å². The molecule has 0 aliphatic rings. The Morgan fingerprint density at radius 2 is 1.56 bits per heavy atom. The van der Waals surface area contributed by atoms with Crippen LogP contribution in [0.3, 0.4) is 0 Å². The quantitative estimate of drug-likeness (QED) is 0.200.